The van der Waals surface area contributed by atoms with Crippen molar-refractivity contribution in [2.75, 3.05) is 39.6 Å². The van der Waals surface area contributed by atoms with Crippen LogP contribution in [-0.4, -0.2) is 60.3 Å². The monoisotopic (exact) mass is 479 g/mol. The lowest BCUT2D eigenvalue weighted by molar-refractivity contribution is 0.0246. The van der Waals surface area contributed by atoms with Gasteiger partial charge in [0.2, 0.25) is 5.91 Å². The molecule has 0 unspecified atom stereocenters. The van der Waals surface area contributed by atoms with Crippen molar-refractivity contribution in [2.24, 2.45) is 0 Å². The highest BCUT2D eigenvalue weighted by atomic mass is 79.9. The number of ether oxygens (including phenoxy) is 3. The van der Waals surface area contributed by atoms with Gasteiger partial charge in [0.15, 0.2) is 0 Å². The van der Waals surface area contributed by atoms with Gasteiger partial charge in [0.1, 0.15) is 18.1 Å². The van der Waals surface area contributed by atoms with Gasteiger partial charge in [-0.15, -0.1) is 0 Å². The minimum Gasteiger partial charge on any atom is -0.506 e. The number of aliphatic hydroxyl groups excluding tert-OH is 1. The first kappa shape index (κ1) is 20.2. The molecule has 7 nitrogen and oxygen atoms in total. The molecule has 0 aliphatic heterocycles. The molecule has 2 aromatic rings. The molecule has 25 heavy (non-hydrogen) atoms. The Morgan fingerprint density at radius 3 is 2.44 bits per heavy atom. The Morgan fingerprint density at radius 2 is 1.80 bits per heavy atom. The van der Waals surface area contributed by atoms with Crippen LogP contribution in [0, 0.1) is 0 Å². The van der Waals surface area contributed by atoms with Crippen molar-refractivity contribution < 1.29 is 29.2 Å². The highest BCUT2D eigenvalue weighted by Gasteiger charge is 2.19. The first-order valence-corrected chi connectivity index (χ1v) is 9.18. The third kappa shape index (κ3) is 4.95. The molecule has 9 heteroatoms. The van der Waals surface area contributed by atoms with Crippen LogP contribution >= 0.6 is 31.9 Å². The van der Waals surface area contributed by atoms with Gasteiger partial charge in [-0.3, -0.25) is 9.36 Å². The van der Waals surface area contributed by atoms with Crippen LogP contribution in [-0.2, 0) is 9.47 Å². The molecule has 0 atom stereocenters. The fourth-order valence-corrected chi connectivity index (χ4v) is 3.79. The molecule has 1 aromatic heterocycles. The summed E-state index contributed by atoms with van der Waals surface area (Å²) in [5, 5.41) is 19.2. The van der Waals surface area contributed by atoms with E-state index in [0.717, 1.165) is 0 Å². The van der Waals surface area contributed by atoms with E-state index in [1.54, 1.807) is 6.07 Å². The summed E-state index contributed by atoms with van der Waals surface area (Å²) < 4.78 is 18.8. The van der Waals surface area contributed by atoms with E-state index in [9.17, 15) is 9.90 Å². The maximum atomic E-state index is 11.7. The number of hydrogen-bond acceptors (Lipinski definition) is 6. The minimum absolute atomic E-state index is 0.00768. The number of aromatic hydroxyl groups is 1. The molecule has 2 N–H and O–H groups in total. The van der Waals surface area contributed by atoms with Crippen LogP contribution in [0.1, 0.15) is 11.7 Å². The van der Waals surface area contributed by atoms with Crippen LogP contribution in [0.3, 0.4) is 0 Å². The van der Waals surface area contributed by atoms with E-state index in [1.807, 2.05) is 0 Å². The molecule has 0 radical (unpaired) electrons. The summed E-state index contributed by atoms with van der Waals surface area (Å²) in [5.41, 5.74) is 0.577. The van der Waals surface area contributed by atoms with Crippen molar-refractivity contribution in [3.63, 3.8) is 0 Å². The van der Waals surface area contributed by atoms with E-state index in [0.29, 0.717) is 58.6 Å². The molecule has 0 amide bonds. The highest BCUT2D eigenvalue weighted by molar-refractivity contribution is 9.11. The lowest BCUT2D eigenvalue weighted by atomic mass is 10.2. The van der Waals surface area contributed by atoms with Crippen molar-refractivity contribution in [3.8, 4) is 11.5 Å². The Balaban J connectivity index is 2.02. The van der Waals surface area contributed by atoms with E-state index in [4.69, 9.17) is 19.3 Å². The summed E-state index contributed by atoms with van der Waals surface area (Å²) in [6, 6.07) is 1.72. The number of aliphatic hydroxyl groups is 1. The molecule has 0 spiro atoms. The van der Waals surface area contributed by atoms with Gasteiger partial charge < -0.3 is 24.4 Å². The van der Waals surface area contributed by atoms with Crippen LogP contribution in [0.4, 0.5) is 0 Å². The van der Waals surface area contributed by atoms with Crippen molar-refractivity contribution in [2.45, 2.75) is 6.92 Å². The average Bonchev–Trinajstić information content (AvgIpc) is 2.89. The molecule has 2 rings (SSSR count). The second-order valence-corrected chi connectivity index (χ2v) is 6.74. The molecule has 1 aromatic carbocycles. The lowest BCUT2D eigenvalue weighted by Gasteiger charge is -2.12. The van der Waals surface area contributed by atoms with Crippen LogP contribution in [0.15, 0.2) is 21.2 Å². The molecule has 0 bridgehead atoms. The number of halogens is 2. The predicted octanol–water partition coefficient (Wildman–Crippen LogP) is 2.94. The van der Waals surface area contributed by atoms with Crippen LogP contribution in [0.5, 0.6) is 11.5 Å². The van der Waals surface area contributed by atoms with Gasteiger partial charge in [-0.25, -0.2) is 0 Å². The summed E-state index contributed by atoms with van der Waals surface area (Å²) in [7, 11) is 0. The van der Waals surface area contributed by atoms with Gasteiger partial charge in [0.25, 0.3) is 0 Å². The largest absolute Gasteiger partial charge is 0.506 e. The molecular formula is C16H19Br2NO6. The quantitative estimate of drug-likeness (QED) is 0.536. The Morgan fingerprint density at radius 1 is 1.16 bits per heavy atom. The predicted molar refractivity (Wildman–Crippen MR) is 99.5 cm³/mol. The SMILES string of the molecule is CC(=O)n1cc(O)c2c(Br)c(OCCOCCOCCO)c(Br)cc21. The van der Waals surface area contributed by atoms with Gasteiger partial charge in [0.05, 0.1) is 59.1 Å². The molecule has 0 aliphatic carbocycles. The maximum absolute atomic E-state index is 11.7. The molecule has 0 saturated heterocycles. The summed E-state index contributed by atoms with van der Waals surface area (Å²) in [6.45, 7) is 3.19. The van der Waals surface area contributed by atoms with E-state index >= 15 is 0 Å². The normalized spacial score (nSPS) is 11.2. The highest BCUT2D eigenvalue weighted by Crippen LogP contribution is 2.43. The van der Waals surface area contributed by atoms with Crippen LogP contribution in [0.25, 0.3) is 10.9 Å². The molecule has 1 heterocycles. The molecule has 0 aliphatic rings. The Bertz CT molecular complexity index is 746. The second kappa shape index (κ2) is 9.54. The number of carbonyl (C=O) groups is 1. The second-order valence-electron chi connectivity index (χ2n) is 5.10. The van der Waals surface area contributed by atoms with E-state index in [-0.39, 0.29) is 18.3 Å². The van der Waals surface area contributed by atoms with Crippen molar-refractivity contribution >= 4 is 48.7 Å². The van der Waals surface area contributed by atoms with Gasteiger partial charge >= 0.3 is 0 Å². The Hall–Kier alpha value is -1.13. The van der Waals surface area contributed by atoms with Gasteiger partial charge in [-0.1, -0.05) is 0 Å². The van der Waals surface area contributed by atoms with E-state index in [2.05, 4.69) is 31.9 Å². The third-order valence-corrected chi connectivity index (χ3v) is 4.69. The number of hydrogen-bond donors (Lipinski definition) is 2. The smallest absolute Gasteiger partial charge is 0.228 e. The summed E-state index contributed by atoms with van der Waals surface area (Å²) in [4.78, 5) is 11.7. The number of aromatic nitrogens is 1. The average molecular weight is 481 g/mol. The maximum Gasteiger partial charge on any atom is 0.228 e. The van der Waals surface area contributed by atoms with Gasteiger partial charge in [-0.2, -0.15) is 0 Å². The number of nitrogens with zero attached hydrogens (tertiary/aromatic N) is 1. The number of fused-ring (bicyclic) bond motifs is 1. The standard InChI is InChI=1S/C16H19Br2NO6/c1-10(21)19-9-13(22)14-12(19)8-11(17)16(15(14)18)25-7-6-24-5-4-23-3-2-20/h8-9,20,22H,2-7H2,1H3. The van der Waals surface area contributed by atoms with Crippen LogP contribution < -0.4 is 4.74 Å². The van der Waals surface area contributed by atoms with Gasteiger partial charge in [-0.05, 0) is 37.9 Å². The van der Waals surface area contributed by atoms with E-state index < -0.39 is 0 Å². The van der Waals surface area contributed by atoms with E-state index in [1.165, 1.54) is 17.7 Å². The first-order chi connectivity index (χ1) is 12.0. The molecule has 138 valence electrons. The zero-order chi connectivity index (χ0) is 18.4. The molecular weight excluding hydrogens is 462 g/mol. The summed E-state index contributed by atoms with van der Waals surface area (Å²) in [6.07, 6.45) is 1.38. The van der Waals surface area contributed by atoms with Crippen molar-refractivity contribution in [1.29, 1.82) is 0 Å². The molecule has 0 saturated carbocycles. The first-order valence-electron chi connectivity index (χ1n) is 7.59. The zero-order valence-corrected chi connectivity index (χ0v) is 16.8. The topological polar surface area (TPSA) is 90.2 Å². The van der Waals surface area contributed by atoms with Gasteiger partial charge in [0, 0.05) is 6.92 Å². The molecule has 0 fully saturated rings. The summed E-state index contributed by atoms with van der Waals surface area (Å²) >= 11 is 6.86. The fourth-order valence-electron chi connectivity index (χ4n) is 2.26. The third-order valence-electron chi connectivity index (χ3n) is 3.34. The zero-order valence-electron chi connectivity index (χ0n) is 13.6. The Kier molecular flexibility index (Phi) is 7.70. The summed E-state index contributed by atoms with van der Waals surface area (Å²) in [5.74, 6) is 0.311. The number of benzene rings is 1. The minimum atomic E-state index is -0.199. The van der Waals surface area contributed by atoms with Crippen molar-refractivity contribution in [1.82, 2.24) is 4.57 Å². The lowest BCUT2D eigenvalue weighted by Crippen LogP contribution is -2.12. The number of carbonyl (C=O) groups excluding carboxylic acids is 1. The number of rotatable bonds is 9. The van der Waals surface area contributed by atoms with Crippen molar-refractivity contribution in [3.05, 3.63) is 21.2 Å². The fraction of sp³-hybridized carbons (Fsp3) is 0.438. The Labute approximate surface area is 161 Å². The van der Waals surface area contributed by atoms with Crippen LogP contribution in [0.2, 0.25) is 0 Å².